The van der Waals surface area contributed by atoms with Crippen molar-refractivity contribution in [2.75, 3.05) is 13.2 Å². The van der Waals surface area contributed by atoms with E-state index in [1.807, 2.05) is 0 Å². The van der Waals surface area contributed by atoms with Gasteiger partial charge in [0.25, 0.3) is 0 Å². The minimum atomic E-state index is 0.670. The summed E-state index contributed by atoms with van der Waals surface area (Å²) in [6.07, 6.45) is 3.15. The molecule has 1 saturated carbocycles. The van der Waals surface area contributed by atoms with Gasteiger partial charge < -0.3 is 0 Å². The van der Waals surface area contributed by atoms with Crippen molar-refractivity contribution in [3.05, 3.63) is 12.7 Å². The molecule has 0 aromatic carbocycles. The van der Waals surface area contributed by atoms with Gasteiger partial charge in [-0.05, 0) is 12.3 Å². The molecule has 50 valence electrons. The lowest BCUT2D eigenvalue weighted by Gasteiger charge is -2.28. The standard InChI is InChI=1S/C7H11NO/c1-2-3-9-8-5-6-4-7(6)8/h2,6-7H,1,3-5H2. The summed E-state index contributed by atoms with van der Waals surface area (Å²) in [5.74, 6) is 0.981. The van der Waals surface area contributed by atoms with Crippen molar-refractivity contribution in [2.45, 2.75) is 12.5 Å². The number of nitrogens with zero attached hydrogens (tertiary/aromatic N) is 1. The minimum absolute atomic E-state index is 0.670. The highest BCUT2D eigenvalue weighted by Gasteiger charge is 2.53. The van der Waals surface area contributed by atoms with Crippen LogP contribution in [-0.4, -0.2) is 24.3 Å². The Balaban J connectivity index is 1.69. The molecule has 2 unspecified atom stereocenters. The second-order valence-electron chi connectivity index (χ2n) is 2.75. The fourth-order valence-electron chi connectivity index (χ4n) is 1.31. The van der Waals surface area contributed by atoms with Crippen LogP contribution in [0.1, 0.15) is 6.42 Å². The smallest absolute Gasteiger partial charge is 0.0864 e. The molecular weight excluding hydrogens is 114 g/mol. The Labute approximate surface area is 55.1 Å². The van der Waals surface area contributed by atoms with Gasteiger partial charge in [0, 0.05) is 12.6 Å². The van der Waals surface area contributed by atoms with Crippen molar-refractivity contribution in [1.29, 1.82) is 0 Å². The van der Waals surface area contributed by atoms with Gasteiger partial charge in [0.2, 0.25) is 0 Å². The summed E-state index contributed by atoms with van der Waals surface area (Å²) in [5, 5.41) is 2.06. The third-order valence-electron chi connectivity index (χ3n) is 2.03. The Bertz CT molecular complexity index is 135. The normalized spacial score (nSPS) is 39.1. The summed E-state index contributed by atoms with van der Waals surface area (Å²) in [7, 11) is 0. The summed E-state index contributed by atoms with van der Waals surface area (Å²) < 4.78 is 0. The Morgan fingerprint density at radius 2 is 2.67 bits per heavy atom. The van der Waals surface area contributed by atoms with Gasteiger partial charge in [-0.25, -0.2) is 0 Å². The Morgan fingerprint density at radius 1 is 1.78 bits per heavy atom. The largest absolute Gasteiger partial charge is 0.295 e. The lowest BCUT2D eigenvalue weighted by molar-refractivity contribution is -0.193. The van der Waals surface area contributed by atoms with Gasteiger partial charge in [0.15, 0.2) is 0 Å². The molecule has 9 heavy (non-hydrogen) atoms. The van der Waals surface area contributed by atoms with Crippen LogP contribution < -0.4 is 0 Å². The van der Waals surface area contributed by atoms with E-state index in [1.54, 1.807) is 6.08 Å². The van der Waals surface area contributed by atoms with Crippen LogP contribution in [0.5, 0.6) is 0 Å². The van der Waals surface area contributed by atoms with Crippen LogP contribution >= 0.6 is 0 Å². The first-order chi connectivity index (χ1) is 4.42. The van der Waals surface area contributed by atoms with Gasteiger partial charge >= 0.3 is 0 Å². The van der Waals surface area contributed by atoms with E-state index in [0.29, 0.717) is 6.61 Å². The van der Waals surface area contributed by atoms with E-state index in [1.165, 1.54) is 6.42 Å². The molecule has 1 saturated heterocycles. The number of hydroxylamine groups is 2. The Hall–Kier alpha value is -0.340. The predicted octanol–water partition coefficient (Wildman–Crippen LogP) is 0.808. The summed E-state index contributed by atoms with van der Waals surface area (Å²) in [6.45, 7) is 5.40. The van der Waals surface area contributed by atoms with Crippen LogP contribution in [0.2, 0.25) is 0 Å². The number of fused-ring (bicyclic) bond motifs is 1. The third-order valence-corrected chi connectivity index (χ3v) is 2.03. The van der Waals surface area contributed by atoms with E-state index in [0.717, 1.165) is 18.5 Å². The van der Waals surface area contributed by atoms with Gasteiger partial charge in [-0.15, -0.1) is 6.58 Å². The summed E-state index contributed by atoms with van der Waals surface area (Å²) in [4.78, 5) is 5.30. The zero-order valence-corrected chi connectivity index (χ0v) is 5.42. The van der Waals surface area contributed by atoms with Crippen LogP contribution in [0, 0.1) is 5.92 Å². The van der Waals surface area contributed by atoms with Crippen molar-refractivity contribution in [3.63, 3.8) is 0 Å². The number of hydrogen-bond donors (Lipinski definition) is 0. The highest BCUT2D eigenvalue weighted by atomic mass is 16.7. The predicted molar refractivity (Wildman–Crippen MR) is 34.8 cm³/mol. The second kappa shape index (κ2) is 1.82. The van der Waals surface area contributed by atoms with Crippen molar-refractivity contribution in [2.24, 2.45) is 5.92 Å². The second-order valence-corrected chi connectivity index (χ2v) is 2.75. The molecule has 0 N–H and O–H groups in total. The van der Waals surface area contributed by atoms with Crippen molar-refractivity contribution < 1.29 is 4.84 Å². The van der Waals surface area contributed by atoms with Crippen LogP contribution in [0.15, 0.2) is 12.7 Å². The molecule has 1 heterocycles. The monoisotopic (exact) mass is 125 g/mol. The van der Waals surface area contributed by atoms with E-state index in [4.69, 9.17) is 4.84 Å². The molecule has 0 aromatic rings. The molecular formula is C7H11NO. The Kier molecular flexibility index (Phi) is 1.10. The molecule has 2 aliphatic rings. The molecule has 0 bridgehead atoms. The van der Waals surface area contributed by atoms with Crippen LogP contribution in [-0.2, 0) is 4.84 Å². The molecule has 1 aliphatic carbocycles. The van der Waals surface area contributed by atoms with Crippen molar-refractivity contribution >= 4 is 0 Å². The molecule has 2 nitrogen and oxygen atoms in total. The first-order valence-corrected chi connectivity index (χ1v) is 3.42. The molecule has 2 atom stereocenters. The van der Waals surface area contributed by atoms with E-state index in [-0.39, 0.29) is 0 Å². The SMILES string of the molecule is C=CCON1CC2CC21. The van der Waals surface area contributed by atoms with Gasteiger partial charge in [-0.2, -0.15) is 5.06 Å². The van der Waals surface area contributed by atoms with Crippen LogP contribution in [0.25, 0.3) is 0 Å². The van der Waals surface area contributed by atoms with Gasteiger partial charge in [0.1, 0.15) is 0 Å². The lowest BCUT2D eigenvalue weighted by Crippen LogP contribution is -2.39. The van der Waals surface area contributed by atoms with Gasteiger partial charge in [0.05, 0.1) is 6.61 Å². The number of hydrogen-bond acceptors (Lipinski definition) is 2. The maximum Gasteiger partial charge on any atom is 0.0864 e. The minimum Gasteiger partial charge on any atom is -0.295 e. The first kappa shape index (κ1) is 5.45. The van der Waals surface area contributed by atoms with Crippen molar-refractivity contribution in [1.82, 2.24) is 5.06 Å². The maximum absolute atomic E-state index is 5.30. The summed E-state index contributed by atoms with van der Waals surface area (Å²) in [5.41, 5.74) is 0. The van der Waals surface area contributed by atoms with Crippen LogP contribution in [0.3, 0.4) is 0 Å². The van der Waals surface area contributed by atoms with E-state index >= 15 is 0 Å². The number of rotatable bonds is 3. The lowest BCUT2D eigenvalue weighted by atomic mass is 10.3. The molecule has 2 fully saturated rings. The zero-order chi connectivity index (χ0) is 6.27. The molecule has 0 amide bonds. The highest BCUT2D eigenvalue weighted by Crippen LogP contribution is 2.45. The molecule has 0 aromatic heterocycles. The molecule has 2 heteroatoms. The average Bonchev–Trinajstić information content (AvgIpc) is 2.44. The summed E-state index contributed by atoms with van der Waals surface area (Å²) in [6, 6.07) is 0.782. The van der Waals surface area contributed by atoms with E-state index < -0.39 is 0 Å². The van der Waals surface area contributed by atoms with Gasteiger partial charge in [-0.1, -0.05) is 6.08 Å². The molecule has 0 spiro atoms. The topological polar surface area (TPSA) is 12.5 Å². The molecule has 0 radical (unpaired) electrons. The summed E-state index contributed by atoms with van der Waals surface area (Å²) >= 11 is 0. The van der Waals surface area contributed by atoms with Crippen LogP contribution in [0.4, 0.5) is 0 Å². The van der Waals surface area contributed by atoms with E-state index in [2.05, 4.69) is 11.6 Å². The van der Waals surface area contributed by atoms with Crippen molar-refractivity contribution in [3.8, 4) is 0 Å². The van der Waals surface area contributed by atoms with Gasteiger partial charge in [-0.3, -0.25) is 4.84 Å². The first-order valence-electron chi connectivity index (χ1n) is 3.42. The fraction of sp³-hybridized carbons (Fsp3) is 0.714. The third kappa shape index (κ3) is 0.787. The molecule has 1 aliphatic heterocycles. The molecule has 2 rings (SSSR count). The quantitative estimate of drug-likeness (QED) is 0.517. The maximum atomic E-state index is 5.30. The van der Waals surface area contributed by atoms with E-state index in [9.17, 15) is 0 Å². The zero-order valence-electron chi connectivity index (χ0n) is 5.42. The average molecular weight is 125 g/mol. The Morgan fingerprint density at radius 3 is 3.11 bits per heavy atom. The fourth-order valence-corrected chi connectivity index (χ4v) is 1.31. The highest BCUT2D eigenvalue weighted by molar-refractivity contribution is 5.03.